The van der Waals surface area contributed by atoms with Crippen molar-refractivity contribution in [2.75, 3.05) is 18.0 Å². The molecule has 108 valence electrons. The number of nitrogens with zero attached hydrogens (tertiary/aromatic N) is 4. The van der Waals surface area contributed by atoms with E-state index in [0.29, 0.717) is 5.92 Å². The first kappa shape index (κ1) is 12.4. The molecule has 2 aromatic rings. The Morgan fingerprint density at radius 3 is 2.67 bits per heavy atom. The number of aromatic carboxylic acids is 1. The Balaban J connectivity index is 1.78. The minimum Gasteiger partial charge on any atom is -0.477 e. The van der Waals surface area contributed by atoms with Crippen LogP contribution >= 0.6 is 0 Å². The molecular weight excluding hydrogens is 268 g/mol. The fourth-order valence-corrected chi connectivity index (χ4v) is 2.62. The second-order valence-corrected chi connectivity index (χ2v) is 5.68. The lowest BCUT2D eigenvalue weighted by Crippen LogP contribution is -2.37. The van der Waals surface area contributed by atoms with Gasteiger partial charge in [-0.05, 0) is 25.3 Å². The van der Waals surface area contributed by atoms with Gasteiger partial charge in [-0.15, -0.1) is 0 Å². The SMILES string of the molecule is O=C(O)c1cc(-n2cnc(C3CC3)c2)c(N2CCC2)cn1. The van der Waals surface area contributed by atoms with E-state index in [4.69, 9.17) is 5.11 Å². The van der Waals surface area contributed by atoms with Crippen LogP contribution in [0.3, 0.4) is 0 Å². The van der Waals surface area contributed by atoms with Gasteiger partial charge in [-0.3, -0.25) is 0 Å². The Kier molecular flexibility index (Phi) is 2.70. The van der Waals surface area contributed by atoms with Crippen LogP contribution in [-0.2, 0) is 0 Å². The van der Waals surface area contributed by atoms with Crippen molar-refractivity contribution in [1.29, 1.82) is 0 Å². The zero-order chi connectivity index (χ0) is 14.4. The third kappa shape index (κ3) is 2.16. The van der Waals surface area contributed by atoms with E-state index in [1.807, 2.05) is 10.8 Å². The minimum absolute atomic E-state index is 0.0657. The van der Waals surface area contributed by atoms with E-state index in [1.54, 1.807) is 18.6 Å². The first-order valence-electron chi connectivity index (χ1n) is 7.25. The van der Waals surface area contributed by atoms with Gasteiger partial charge in [0.25, 0.3) is 0 Å². The molecule has 2 fully saturated rings. The molecule has 21 heavy (non-hydrogen) atoms. The quantitative estimate of drug-likeness (QED) is 0.930. The van der Waals surface area contributed by atoms with Gasteiger partial charge in [-0.2, -0.15) is 0 Å². The first-order chi connectivity index (χ1) is 10.2. The van der Waals surface area contributed by atoms with Crippen LogP contribution in [-0.4, -0.2) is 38.7 Å². The Morgan fingerprint density at radius 2 is 2.05 bits per heavy atom. The number of pyridine rings is 1. The smallest absolute Gasteiger partial charge is 0.354 e. The summed E-state index contributed by atoms with van der Waals surface area (Å²) >= 11 is 0. The largest absolute Gasteiger partial charge is 0.477 e. The predicted molar refractivity (Wildman–Crippen MR) is 77.1 cm³/mol. The average molecular weight is 284 g/mol. The normalized spacial score (nSPS) is 17.6. The molecular formula is C15H16N4O2. The summed E-state index contributed by atoms with van der Waals surface area (Å²) < 4.78 is 1.93. The van der Waals surface area contributed by atoms with E-state index in [-0.39, 0.29) is 5.69 Å². The Hall–Kier alpha value is -2.37. The number of rotatable bonds is 4. The third-order valence-electron chi connectivity index (χ3n) is 4.15. The molecule has 6 heteroatoms. The van der Waals surface area contributed by atoms with Gasteiger partial charge in [0.05, 0.1) is 29.6 Å². The maximum absolute atomic E-state index is 11.2. The van der Waals surface area contributed by atoms with Crippen LogP contribution in [0, 0.1) is 0 Å². The number of carboxylic acid groups (broad SMARTS) is 1. The van der Waals surface area contributed by atoms with Crippen LogP contribution in [0.4, 0.5) is 5.69 Å². The second-order valence-electron chi connectivity index (χ2n) is 5.68. The molecule has 0 radical (unpaired) electrons. The fraction of sp³-hybridized carbons (Fsp3) is 0.400. The highest BCUT2D eigenvalue weighted by atomic mass is 16.4. The zero-order valence-corrected chi connectivity index (χ0v) is 11.6. The third-order valence-corrected chi connectivity index (χ3v) is 4.15. The van der Waals surface area contributed by atoms with Crippen molar-refractivity contribution < 1.29 is 9.90 Å². The highest BCUT2D eigenvalue weighted by molar-refractivity contribution is 5.87. The molecule has 2 aliphatic rings. The van der Waals surface area contributed by atoms with E-state index in [9.17, 15) is 4.79 Å². The number of hydrogen-bond donors (Lipinski definition) is 1. The topological polar surface area (TPSA) is 71.2 Å². The standard InChI is InChI=1S/C15H16N4O2/c20-15(21)11-6-13(14(7-16-11)18-4-1-5-18)19-8-12(17-9-19)10-2-3-10/h6-10H,1-5H2,(H,20,21). The summed E-state index contributed by atoms with van der Waals surface area (Å²) in [7, 11) is 0. The molecule has 1 saturated heterocycles. The lowest BCUT2D eigenvalue weighted by Gasteiger charge is -2.34. The van der Waals surface area contributed by atoms with Gasteiger partial charge in [0.15, 0.2) is 0 Å². The van der Waals surface area contributed by atoms with Gasteiger partial charge < -0.3 is 14.6 Å². The number of anilines is 1. The molecule has 1 aliphatic heterocycles. The maximum atomic E-state index is 11.2. The molecule has 1 N–H and O–H groups in total. The molecule has 3 heterocycles. The Morgan fingerprint density at radius 1 is 1.24 bits per heavy atom. The summed E-state index contributed by atoms with van der Waals surface area (Å²) in [5, 5.41) is 9.16. The summed E-state index contributed by atoms with van der Waals surface area (Å²) in [5.41, 5.74) is 2.99. The monoisotopic (exact) mass is 284 g/mol. The Bertz CT molecular complexity index is 701. The molecule has 4 rings (SSSR count). The van der Waals surface area contributed by atoms with Gasteiger partial charge in [0, 0.05) is 25.2 Å². The van der Waals surface area contributed by atoms with Gasteiger partial charge in [-0.25, -0.2) is 14.8 Å². The number of carboxylic acids is 1. The summed E-state index contributed by atoms with van der Waals surface area (Å²) in [5.74, 6) is -0.423. The van der Waals surface area contributed by atoms with E-state index in [2.05, 4.69) is 14.9 Å². The van der Waals surface area contributed by atoms with E-state index < -0.39 is 5.97 Å². The van der Waals surface area contributed by atoms with Crippen molar-refractivity contribution in [3.63, 3.8) is 0 Å². The minimum atomic E-state index is -1.01. The van der Waals surface area contributed by atoms with E-state index >= 15 is 0 Å². The van der Waals surface area contributed by atoms with Crippen molar-refractivity contribution in [3.05, 3.63) is 36.2 Å². The van der Waals surface area contributed by atoms with Crippen LogP contribution in [0.5, 0.6) is 0 Å². The van der Waals surface area contributed by atoms with Crippen molar-refractivity contribution in [3.8, 4) is 5.69 Å². The molecule has 0 unspecified atom stereocenters. The van der Waals surface area contributed by atoms with Crippen LogP contribution in [0.2, 0.25) is 0 Å². The van der Waals surface area contributed by atoms with Crippen LogP contribution in [0.1, 0.15) is 41.4 Å². The molecule has 1 saturated carbocycles. The highest BCUT2D eigenvalue weighted by Gasteiger charge is 2.27. The molecule has 0 spiro atoms. The predicted octanol–water partition coefficient (Wildman–Crippen LogP) is 2.05. The van der Waals surface area contributed by atoms with Crippen LogP contribution in [0.15, 0.2) is 24.8 Å². The summed E-state index contributed by atoms with van der Waals surface area (Å²) in [4.78, 5) is 21.9. The molecule has 0 amide bonds. The number of hydrogen-bond acceptors (Lipinski definition) is 4. The summed E-state index contributed by atoms with van der Waals surface area (Å²) in [6.45, 7) is 1.98. The lowest BCUT2D eigenvalue weighted by molar-refractivity contribution is 0.0690. The van der Waals surface area contributed by atoms with E-state index in [1.165, 1.54) is 12.8 Å². The summed E-state index contributed by atoms with van der Waals surface area (Å²) in [6, 6.07) is 1.63. The maximum Gasteiger partial charge on any atom is 0.354 e. The van der Waals surface area contributed by atoms with E-state index in [0.717, 1.165) is 36.6 Å². The summed E-state index contributed by atoms with van der Waals surface area (Å²) in [6.07, 6.45) is 9.02. The first-order valence-corrected chi connectivity index (χ1v) is 7.25. The molecule has 2 aromatic heterocycles. The van der Waals surface area contributed by atoms with Crippen molar-refractivity contribution >= 4 is 11.7 Å². The number of imidazole rings is 1. The zero-order valence-electron chi connectivity index (χ0n) is 11.6. The van der Waals surface area contributed by atoms with Crippen molar-refractivity contribution in [2.24, 2.45) is 0 Å². The van der Waals surface area contributed by atoms with Gasteiger partial charge >= 0.3 is 5.97 Å². The molecule has 0 aromatic carbocycles. The van der Waals surface area contributed by atoms with Crippen LogP contribution in [0.25, 0.3) is 5.69 Å². The second kappa shape index (κ2) is 4.58. The van der Waals surface area contributed by atoms with Gasteiger partial charge in [-0.1, -0.05) is 0 Å². The van der Waals surface area contributed by atoms with Gasteiger partial charge in [0.1, 0.15) is 5.69 Å². The van der Waals surface area contributed by atoms with Gasteiger partial charge in [0.2, 0.25) is 0 Å². The van der Waals surface area contributed by atoms with Crippen molar-refractivity contribution in [1.82, 2.24) is 14.5 Å². The number of aromatic nitrogens is 3. The van der Waals surface area contributed by atoms with Crippen LogP contribution < -0.4 is 4.90 Å². The molecule has 0 bridgehead atoms. The van der Waals surface area contributed by atoms with Crippen molar-refractivity contribution in [2.45, 2.75) is 25.2 Å². The molecule has 6 nitrogen and oxygen atoms in total. The average Bonchev–Trinajstić information content (AvgIpc) is 3.15. The molecule has 0 atom stereocenters. The molecule has 1 aliphatic carbocycles. The lowest BCUT2D eigenvalue weighted by atomic mass is 10.1. The highest BCUT2D eigenvalue weighted by Crippen LogP contribution is 2.39. The fourth-order valence-electron chi connectivity index (χ4n) is 2.62. The Labute approximate surface area is 122 Å². The number of carbonyl (C=O) groups is 1.